The standard InChI is InChI=1S/C17H22N2O2/c1-4-21-17-10-14(18)9-15(11-17)19(2)12-13-6-5-7-16(8-13)20-3/h5-11H,4,12,18H2,1-3H3. The third-order valence-corrected chi connectivity index (χ3v) is 3.22. The summed E-state index contributed by atoms with van der Waals surface area (Å²) in [6, 6.07) is 13.8. The molecule has 0 spiro atoms. The fraction of sp³-hybridized carbons (Fsp3) is 0.294. The number of nitrogens with zero attached hydrogens (tertiary/aromatic N) is 1. The van der Waals surface area contributed by atoms with Crippen molar-refractivity contribution >= 4 is 11.4 Å². The summed E-state index contributed by atoms with van der Waals surface area (Å²) in [5.74, 6) is 1.66. The van der Waals surface area contributed by atoms with Crippen LogP contribution in [-0.4, -0.2) is 20.8 Å². The molecule has 2 N–H and O–H groups in total. The molecule has 0 bridgehead atoms. The Morgan fingerprint density at radius 3 is 2.62 bits per heavy atom. The Morgan fingerprint density at radius 1 is 1.10 bits per heavy atom. The van der Waals surface area contributed by atoms with Crippen LogP contribution in [0.2, 0.25) is 0 Å². The summed E-state index contributed by atoms with van der Waals surface area (Å²) < 4.78 is 10.8. The maximum absolute atomic E-state index is 5.94. The van der Waals surface area contributed by atoms with Crippen molar-refractivity contribution in [2.45, 2.75) is 13.5 Å². The van der Waals surface area contributed by atoms with Gasteiger partial charge in [0.05, 0.1) is 13.7 Å². The number of hydrogen-bond donors (Lipinski definition) is 1. The highest BCUT2D eigenvalue weighted by atomic mass is 16.5. The summed E-state index contributed by atoms with van der Waals surface area (Å²) in [4.78, 5) is 2.13. The minimum absolute atomic E-state index is 0.627. The van der Waals surface area contributed by atoms with Crippen molar-refractivity contribution in [3.63, 3.8) is 0 Å². The van der Waals surface area contributed by atoms with Crippen LogP contribution in [0.15, 0.2) is 42.5 Å². The molecular formula is C17H22N2O2. The minimum atomic E-state index is 0.627. The second-order valence-electron chi connectivity index (χ2n) is 4.90. The Hall–Kier alpha value is -2.36. The van der Waals surface area contributed by atoms with Crippen molar-refractivity contribution in [2.75, 3.05) is 31.4 Å². The van der Waals surface area contributed by atoms with Crippen LogP contribution < -0.4 is 20.1 Å². The second-order valence-corrected chi connectivity index (χ2v) is 4.90. The zero-order valence-corrected chi connectivity index (χ0v) is 12.8. The van der Waals surface area contributed by atoms with Gasteiger partial charge in [0.15, 0.2) is 0 Å². The van der Waals surface area contributed by atoms with Crippen molar-refractivity contribution in [3.05, 3.63) is 48.0 Å². The van der Waals surface area contributed by atoms with Crippen LogP contribution in [0.5, 0.6) is 11.5 Å². The van der Waals surface area contributed by atoms with E-state index in [0.717, 1.165) is 23.7 Å². The lowest BCUT2D eigenvalue weighted by molar-refractivity contribution is 0.340. The molecule has 2 rings (SSSR count). The third-order valence-electron chi connectivity index (χ3n) is 3.22. The molecule has 0 radical (unpaired) electrons. The van der Waals surface area contributed by atoms with Gasteiger partial charge in [0, 0.05) is 37.1 Å². The average Bonchev–Trinajstić information content (AvgIpc) is 2.47. The third kappa shape index (κ3) is 4.05. The van der Waals surface area contributed by atoms with Gasteiger partial charge in [-0.1, -0.05) is 12.1 Å². The molecule has 0 aliphatic rings. The molecule has 0 saturated carbocycles. The maximum atomic E-state index is 5.94. The molecule has 112 valence electrons. The number of rotatable bonds is 6. The zero-order chi connectivity index (χ0) is 15.2. The average molecular weight is 286 g/mol. The van der Waals surface area contributed by atoms with E-state index >= 15 is 0 Å². The largest absolute Gasteiger partial charge is 0.497 e. The van der Waals surface area contributed by atoms with Crippen LogP contribution in [0.3, 0.4) is 0 Å². The molecule has 0 heterocycles. The first-order valence-corrected chi connectivity index (χ1v) is 6.99. The highest BCUT2D eigenvalue weighted by molar-refractivity contribution is 5.60. The van der Waals surface area contributed by atoms with Crippen molar-refractivity contribution < 1.29 is 9.47 Å². The van der Waals surface area contributed by atoms with Crippen LogP contribution >= 0.6 is 0 Å². The monoisotopic (exact) mass is 286 g/mol. The SMILES string of the molecule is CCOc1cc(N)cc(N(C)Cc2cccc(OC)c2)c1. The molecule has 4 nitrogen and oxygen atoms in total. The summed E-state index contributed by atoms with van der Waals surface area (Å²) in [6.45, 7) is 3.36. The summed E-state index contributed by atoms with van der Waals surface area (Å²) >= 11 is 0. The Balaban J connectivity index is 2.17. The Bertz CT molecular complexity index is 599. The van der Waals surface area contributed by atoms with Gasteiger partial charge in [0.2, 0.25) is 0 Å². The first kappa shape index (κ1) is 15.0. The quantitative estimate of drug-likeness (QED) is 0.828. The zero-order valence-electron chi connectivity index (χ0n) is 12.8. The summed E-state index contributed by atoms with van der Waals surface area (Å²) in [5, 5.41) is 0. The first-order valence-electron chi connectivity index (χ1n) is 6.99. The molecule has 0 atom stereocenters. The Morgan fingerprint density at radius 2 is 1.90 bits per heavy atom. The van der Waals surface area contributed by atoms with E-state index in [0.29, 0.717) is 12.3 Å². The lowest BCUT2D eigenvalue weighted by Crippen LogP contribution is -2.16. The van der Waals surface area contributed by atoms with E-state index in [1.807, 2.05) is 50.4 Å². The smallest absolute Gasteiger partial charge is 0.123 e. The highest BCUT2D eigenvalue weighted by Gasteiger charge is 2.06. The van der Waals surface area contributed by atoms with Gasteiger partial charge < -0.3 is 20.1 Å². The molecule has 0 aromatic heterocycles. The Kier molecular flexibility index (Phi) is 4.93. The van der Waals surface area contributed by atoms with E-state index in [4.69, 9.17) is 15.2 Å². The van der Waals surface area contributed by atoms with Crippen LogP contribution in [0.1, 0.15) is 12.5 Å². The van der Waals surface area contributed by atoms with E-state index in [2.05, 4.69) is 11.0 Å². The van der Waals surface area contributed by atoms with Gasteiger partial charge in [-0.2, -0.15) is 0 Å². The van der Waals surface area contributed by atoms with Crippen molar-refractivity contribution in [2.24, 2.45) is 0 Å². The van der Waals surface area contributed by atoms with Gasteiger partial charge in [0.1, 0.15) is 11.5 Å². The van der Waals surface area contributed by atoms with E-state index in [1.165, 1.54) is 5.56 Å². The predicted octanol–water partition coefficient (Wildman–Crippen LogP) is 3.31. The maximum Gasteiger partial charge on any atom is 0.123 e. The molecule has 0 aliphatic heterocycles. The van der Waals surface area contributed by atoms with Gasteiger partial charge >= 0.3 is 0 Å². The van der Waals surface area contributed by atoms with Crippen molar-refractivity contribution in [1.82, 2.24) is 0 Å². The fourth-order valence-corrected chi connectivity index (χ4v) is 2.21. The number of benzene rings is 2. The minimum Gasteiger partial charge on any atom is -0.497 e. The first-order chi connectivity index (χ1) is 10.1. The summed E-state index contributed by atoms with van der Waals surface area (Å²) in [6.07, 6.45) is 0. The van der Waals surface area contributed by atoms with Gasteiger partial charge in [-0.15, -0.1) is 0 Å². The van der Waals surface area contributed by atoms with E-state index < -0.39 is 0 Å². The van der Waals surface area contributed by atoms with Crippen LogP contribution in [0.25, 0.3) is 0 Å². The molecule has 2 aromatic rings. The number of anilines is 2. The number of methoxy groups -OCH3 is 1. The van der Waals surface area contributed by atoms with E-state index in [9.17, 15) is 0 Å². The van der Waals surface area contributed by atoms with Crippen molar-refractivity contribution in [1.29, 1.82) is 0 Å². The van der Waals surface area contributed by atoms with E-state index in [-0.39, 0.29) is 0 Å². The molecular weight excluding hydrogens is 264 g/mol. The lowest BCUT2D eigenvalue weighted by atomic mass is 10.2. The van der Waals surface area contributed by atoms with Gasteiger partial charge in [-0.25, -0.2) is 0 Å². The van der Waals surface area contributed by atoms with Gasteiger partial charge in [0.25, 0.3) is 0 Å². The molecule has 21 heavy (non-hydrogen) atoms. The van der Waals surface area contributed by atoms with Gasteiger partial charge in [-0.3, -0.25) is 0 Å². The molecule has 0 amide bonds. The van der Waals surface area contributed by atoms with Gasteiger partial charge in [-0.05, 0) is 30.7 Å². The summed E-state index contributed by atoms with van der Waals surface area (Å²) in [7, 11) is 3.71. The van der Waals surface area contributed by atoms with Crippen molar-refractivity contribution in [3.8, 4) is 11.5 Å². The number of nitrogen functional groups attached to an aromatic ring is 1. The lowest BCUT2D eigenvalue weighted by Gasteiger charge is -2.21. The molecule has 0 fully saturated rings. The topological polar surface area (TPSA) is 47.7 Å². The van der Waals surface area contributed by atoms with E-state index in [1.54, 1.807) is 7.11 Å². The molecule has 0 saturated heterocycles. The van der Waals surface area contributed by atoms with Crippen LogP contribution in [-0.2, 0) is 6.54 Å². The molecule has 2 aromatic carbocycles. The highest BCUT2D eigenvalue weighted by Crippen LogP contribution is 2.26. The molecule has 0 unspecified atom stereocenters. The number of hydrogen-bond acceptors (Lipinski definition) is 4. The van der Waals surface area contributed by atoms with Crippen LogP contribution in [0, 0.1) is 0 Å². The number of nitrogens with two attached hydrogens (primary N) is 1. The normalized spacial score (nSPS) is 10.2. The van der Waals surface area contributed by atoms with Crippen LogP contribution in [0.4, 0.5) is 11.4 Å². The number of ether oxygens (including phenoxy) is 2. The second kappa shape index (κ2) is 6.88. The Labute approximate surface area is 126 Å². The predicted molar refractivity (Wildman–Crippen MR) is 87.1 cm³/mol. The molecule has 0 aliphatic carbocycles. The molecule has 4 heteroatoms. The summed E-state index contributed by atoms with van der Waals surface area (Å²) in [5.41, 5.74) is 8.85. The fourth-order valence-electron chi connectivity index (χ4n) is 2.21.